The summed E-state index contributed by atoms with van der Waals surface area (Å²) in [5.74, 6) is 1.44. The second-order valence-corrected chi connectivity index (χ2v) is 9.32. The van der Waals surface area contributed by atoms with Crippen LogP contribution in [-0.2, 0) is 16.1 Å². The monoisotopic (exact) mass is 461 g/mol. The summed E-state index contributed by atoms with van der Waals surface area (Å²) in [7, 11) is 0. The first kappa shape index (κ1) is 21.7. The highest BCUT2D eigenvalue weighted by molar-refractivity contribution is 7.10. The minimum absolute atomic E-state index is 0.0135. The number of hydrogen-bond acceptors (Lipinski definition) is 5. The molecule has 1 amide bonds. The van der Waals surface area contributed by atoms with Crippen LogP contribution in [0, 0.1) is 6.92 Å². The summed E-state index contributed by atoms with van der Waals surface area (Å²) in [5.41, 5.74) is 4.36. The molecule has 0 radical (unpaired) electrons. The lowest BCUT2D eigenvalue weighted by Gasteiger charge is -2.20. The van der Waals surface area contributed by atoms with E-state index in [1.807, 2.05) is 40.6 Å². The van der Waals surface area contributed by atoms with Crippen LogP contribution in [0.1, 0.15) is 22.4 Å². The summed E-state index contributed by atoms with van der Waals surface area (Å²) in [4.78, 5) is 15.9. The molecule has 33 heavy (non-hydrogen) atoms. The Morgan fingerprint density at radius 2 is 2.09 bits per heavy atom. The van der Waals surface area contributed by atoms with Crippen LogP contribution < -0.4 is 9.47 Å². The van der Waals surface area contributed by atoms with Crippen molar-refractivity contribution in [1.29, 1.82) is 0 Å². The van der Waals surface area contributed by atoms with E-state index >= 15 is 0 Å². The molecule has 0 N–H and O–H groups in total. The normalized spacial score (nSPS) is 18.1. The van der Waals surface area contributed by atoms with Gasteiger partial charge in [-0.05, 0) is 53.3 Å². The summed E-state index contributed by atoms with van der Waals surface area (Å²) in [6.07, 6.45) is 4.40. The van der Waals surface area contributed by atoms with Gasteiger partial charge in [0.1, 0.15) is 12.7 Å². The summed E-state index contributed by atoms with van der Waals surface area (Å²) < 4.78 is 18.0. The number of amides is 1. The van der Waals surface area contributed by atoms with E-state index in [1.165, 1.54) is 5.56 Å². The Labute approximate surface area is 198 Å². The average molecular weight is 462 g/mol. The molecule has 1 fully saturated rings. The zero-order chi connectivity index (χ0) is 22.6. The minimum Gasteiger partial charge on any atom is -0.487 e. The van der Waals surface area contributed by atoms with E-state index in [0.717, 1.165) is 39.5 Å². The highest BCUT2D eigenvalue weighted by Gasteiger charge is 2.26. The minimum atomic E-state index is -0.0205. The van der Waals surface area contributed by atoms with Crippen LogP contribution in [0.5, 0.6) is 11.5 Å². The van der Waals surface area contributed by atoms with Gasteiger partial charge in [-0.1, -0.05) is 30.3 Å². The van der Waals surface area contributed by atoms with Gasteiger partial charge in [0.25, 0.3) is 0 Å². The largest absolute Gasteiger partial charge is 0.487 e. The molecule has 2 aliphatic rings. The zero-order valence-electron chi connectivity index (χ0n) is 18.7. The maximum atomic E-state index is 13.0. The molecular weight excluding hydrogens is 434 g/mol. The highest BCUT2D eigenvalue weighted by Crippen LogP contribution is 2.40. The molecule has 5 nitrogen and oxygen atoms in total. The van der Waals surface area contributed by atoms with E-state index in [0.29, 0.717) is 32.9 Å². The van der Waals surface area contributed by atoms with E-state index in [9.17, 15) is 4.79 Å². The van der Waals surface area contributed by atoms with Gasteiger partial charge in [0.2, 0.25) is 5.91 Å². The Balaban J connectivity index is 1.48. The number of rotatable bonds is 5. The van der Waals surface area contributed by atoms with Crippen molar-refractivity contribution in [3.63, 3.8) is 0 Å². The molecule has 1 aromatic heterocycles. The molecule has 0 saturated carbocycles. The molecule has 3 aromatic rings. The maximum absolute atomic E-state index is 13.0. The molecule has 0 bridgehead atoms. The molecule has 0 spiro atoms. The van der Waals surface area contributed by atoms with E-state index in [2.05, 4.69) is 31.2 Å². The first-order valence-corrected chi connectivity index (χ1v) is 12.2. The number of aryl methyl sites for hydroxylation is 1. The molecule has 5 rings (SSSR count). The molecule has 2 aromatic carbocycles. The van der Waals surface area contributed by atoms with Crippen molar-refractivity contribution < 1.29 is 19.0 Å². The van der Waals surface area contributed by atoms with E-state index in [4.69, 9.17) is 14.2 Å². The lowest BCUT2D eigenvalue weighted by Crippen LogP contribution is -2.30. The van der Waals surface area contributed by atoms with Crippen LogP contribution in [0.3, 0.4) is 0 Å². The maximum Gasteiger partial charge on any atom is 0.247 e. The number of ether oxygens (including phenoxy) is 3. The van der Waals surface area contributed by atoms with Crippen molar-refractivity contribution in [3.05, 3.63) is 76.0 Å². The molecule has 3 heterocycles. The van der Waals surface area contributed by atoms with E-state index in [1.54, 1.807) is 17.4 Å². The van der Waals surface area contributed by atoms with Gasteiger partial charge < -0.3 is 19.1 Å². The van der Waals surface area contributed by atoms with E-state index < -0.39 is 0 Å². The second-order valence-electron chi connectivity index (χ2n) is 8.34. The Hall–Kier alpha value is -3.09. The molecule has 1 atom stereocenters. The number of carbonyl (C=O) groups is 1. The van der Waals surface area contributed by atoms with Crippen LogP contribution in [0.15, 0.2) is 60.0 Å². The van der Waals surface area contributed by atoms with Crippen molar-refractivity contribution in [2.75, 3.05) is 26.4 Å². The van der Waals surface area contributed by atoms with Gasteiger partial charge in [-0.15, -0.1) is 11.3 Å². The summed E-state index contributed by atoms with van der Waals surface area (Å²) >= 11 is 1.61. The average Bonchev–Trinajstić information content (AvgIpc) is 3.48. The van der Waals surface area contributed by atoms with Crippen molar-refractivity contribution in [3.8, 4) is 22.6 Å². The Bertz CT molecular complexity index is 1150. The third-order valence-electron chi connectivity index (χ3n) is 5.98. The first-order valence-electron chi connectivity index (χ1n) is 11.3. The van der Waals surface area contributed by atoms with Crippen LogP contribution >= 0.6 is 11.3 Å². The topological polar surface area (TPSA) is 48.0 Å². The quantitative estimate of drug-likeness (QED) is 0.482. The van der Waals surface area contributed by atoms with Crippen LogP contribution in [0.4, 0.5) is 0 Å². The fraction of sp³-hybridized carbons (Fsp3) is 0.296. The first-order chi connectivity index (χ1) is 16.2. The Kier molecular flexibility index (Phi) is 6.46. The molecule has 170 valence electrons. The predicted molar refractivity (Wildman–Crippen MR) is 131 cm³/mol. The summed E-state index contributed by atoms with van der Waals surface area (Å²) in [6, 6.07) is 16.5. The molecular formula is C27H27NO4S. The Morgan fingerprint density at radius 1 is 1.18 bits per heavy atom. The number of hydrogen-bond donors (Lipinski definition) is 0. The number of nitrogens with zero attached hydrogens (tertiary/aromatic N) is 1. The number of benzene rings is 2. The number of fused-ring (bicyclic) bond motifs is 1. The van der Waals surface area contributed by atoms with Gasteiger partial charge in [-0.2, -0.15) is 0 Å². The SMILES string of the molecule is Cc1ccccc1-c1cc2c(c(OC3CCOC3)c1)OCCN(C(=O)/C=C/c1cccs1)C2. The van der Waals surface area contributed by atoms with Crippen molar-refractivity contribution in [2.24, 2.45) is 0 Å². The van der Waals surface area contributed by atoms with Gasteiger partial charge in [0, 0.05) is 29.5 Å². The number of carbonyl (C=O) groups excluding carboxylic acids is 1. The van der Waals surface area contributed by atoms with E-state index in [-0.39, 0.29) is 12.0 Å². The van der Waals surface area contributed by atoms with Gasteiger partial charge in [-0.25, -0.2) is 0 Å². The van der Waals surface area contributed by atoms with Gasteiger partial charge in [0.05, 0.1) is 19.8 Å². The predicted octanol–water partition coefficient (Wildman–Crippen LogP) is 5.33. The highest BCUT2D eigenvalue weighted by atomic mass is 32.1. The lowest BCUT2D eigenvalue weighted by molar-refractivity contribution is -0.126. The van der Waals surface area contributed by atoms with Gasteiger partial charge in [-0.3, -0.25) is 4.79 Å². The van der Waals surface area contributed by atoms with Crippen LogP contribution in [0.2, 0.25) is 0 Å². The number of thiophene rings is 1. The second kappa shape index (κ2) is 9.81. The van der Waals surface area contributed by atoms with Crippen molar-refractivity contribution in [1.82, 2.24) is 4.90 Å². The molecule has 0 aliphatic carbocycles. The standard InChI is InChI=1S/C27H27NO4S/c1-19-5-2-3-7-24(19)20-15-21-17-28(26(29)9-8-23-6-4-14-33-23)11-13-31-27(21)25(16-20)32-22-10-12-30-18-22/h2-9,14-16,22H,10-13,17-18H2,1H3/b9-8+. The lowest BCUT2D eigenvalue weighted by atomic mass is 9.97. The molecule has 6 heteroatoms. The summed E-state index contributed by atoms with van der Waals surface area (Å²) in [5, 5.41) is 2.00. The summed E-state index contributed by atoms with van der Waals surface area (Å²) in [6.45, 7) is 4.82. The van der Waals surface area contributed by atoms with Crippen LogP contribution in [-0.4, -0.2) is 43.3 Å². The van der Waals surface area contributed by atoms with Crippen LogP contribution in [0.25, 0.3) is 17.2 Å². The zero-order valence-corrected chi connectivity index (χ0v) is 19.5. The van der Waals surface area contributed by atoms with Crippen molar-refractivity contribution >= 4 is 23.3 Å². The third kappa shape index (κ3) is 4.97. The third-order valence-corrected chi connectivity index (χ3v) is 6.82. The van der Waals surface area contributed by atoms with Gasteiger partial charge in [0.15, 0.2) is 11.5 Å². The smallest absolute Gasteiger partial charge is 0.247 e. The fourth-order valence-electron chi connectivity index (χ4n) is 4.24. The van der Waals surface area contributed by atoms with Gasteiger partial charge >= 0.3 is 0 Å². The molecule has 1 saturated heterocycles. The molecule has 2 aliphatic heterocycles. The Morgan fingerprint density at radius 3 is 2.88 bits per heavy atom. The molecule has 1 unspecified atom stereocenters. The fourth-order valence-corrected chi connectivity index (χ4v) is 4.86. The van der Waals surface area contributed by atoms with Crippen molar-refractivity contribution in [2.45, 2.75) is 26.0 Å².